The van der Waals surface area contributed by atoms with Gasteiger partial charge in [0.25, 0.3) is 0 Å². The molecule has 0 atom stereocenters. The van der Waals surface area contributed by atoms with Gasteiger partial charge in [0.05, 0.1) is 11.4 Å². The summed E-state index contributed by atoms with van der Waals surface area (Å²) >= 11 is 0. The van der Waals surface area contributed by atoms with Crippen LogP contribution in [0.15, 0.2) is 36.8 Å². The number of ether oxygens (including phenoxy) is 2. The van der Waals surface area contributed by atoms with Gasteiger partial charge < -0.3 is 14.4 Å². The van der Waals surface area contributed by atoms with Gasteiger partial charge in [-0.3, -0.25) is 19.9 Å². The van der Waals surface area contributed by atoms with E-state index < -0.39 is 0 Å². The predicted molar refractivity (Wildman–Crippen MR) is 99.6 cm³/mol. The van der Waals surface area contributed by atoms with Gasteiger partial charge in [-0.2, -0.15) is 5.10 Å². The van der Waals surface area contributed by atoms with Crippen LogP contribution in [0.1, 0.15) is 23.4 Å². The molecule has 1 aromatic carbocycles. The number of nitrogens with zero attached hydrogens (tertiary/aromatic N) is 4. The maximum absolute atomic E-state index is 12.7. The lowest BCUT2D eigenvalue weighted by Crippen LogP contribution is -2.36. The van der Waals surface area contributed by atoms with E-state index in [0.29, 0.717) is 25.9 Å². The lowest BCUT2D eigenvalue weighted by Gasteiger charge is -2.27. The minimum atomic E-state index is 0.120. The van der Waals surface area contributed by atoms with Crippen LogP contribution in [0.2, 0.25) is 0 Å². The smallest absolute Gasteiger partial charge is 0.231 e. The number of H-pyrrole nitrogens is 1. The Morgan fingerprint density at radius 2 is 2.14 bits per heavy atom. The fraction of sp³-hybridized carbons (Fsp3) is 0.300. The lowest BCUT2D eigenvalue weighted by molar-refractivity contribution is -0.132. The zero-order valence-corrected chi connectivity index (χ0v) is 15.2. The van der Waals surface area contributed by atoms with E-state index in [1.54, 1.807) is 18.6 Å². The number of amides is 1. The van der Waals surface area contributed by atoms with Crippen LogP contribution in [0.25, 0.3) is 11.3 Å². The first-order valence-corrected chi connectivity index (χ1v) is 9.27. The highest BCUT2D eigenvalue weighted by molar-refractivity contribution is 5.77. The van der Waals surface area contributed by atoms with Crippen molar-refractivity contribution in [2.45, 2.75) is 25.8 Å². The van der Waals surface area contributed by atoms with Crippen molar-refractivity contribution < 1.29 is 14.3 Å². The van der Waals surface area contributed by atoms with E-state index >= 15 is 0 Å². The van der Waals surface area contributed by atoms with Crippen molar-refractivity contribution in [3.8, 4) is 22.8 Å². The number of carbonyl (C=O) groups is 1. The minimum absolute atomic E-state index is 0.120. The average molecular weight is 377 g/mol. The summed E-state index contributed by atoms with van der Waals surface area (Å²) in [6.45, 7) is 1.48. The van der Waals surface area contributed by atoms with Gasteiger partial charge in [-0.1, -0.05) is 0 Å². The van der Waals surface area contributed by atoms with E-state index in [2.05, 4.69) is 20.2 Å². The van der Waals surface area contributed by atoms with Crippen LogP contribution in [0, 0.1) is 0 Å². The van der Waals surface area contributed by atoms with E-state index in [-0.39, 0.29) is 12.7 Å². The van der Waals surface area contributed by atoms with Gasteiger partial charge in [0, 0.05) is 61.3 Å². The molecule has 28 heavy (non-hydrogen) atoms. The fourth-order valence-corrected chi connectivity index (χ4v) is 3.64. The number of aryl methyl sites for hydroxylation is 1. The molecule has 142 valence electrons. The second-order valence-corrected chi connectivity index (χ2v) is 6.86. The molecule has 4 heterocycles. The quantitative estimate of drug-likeness (QED) is 0.749. The maximum Gasteiger partial charge on any atom is 0.231 e. The Bertz CT molecular complexity index is 1020. The number of carbonyl (C=O) groups excluding carboxylic acids is 1. The largest absolute Gasteiger partial charge is 0.454 e. The molecule has 0 fully saturated rings. The van der Waals surface area contributed by atoms with E-state index in [4.69, 9.17) is 9.47 Å². The molecule has 1 N–H and O–H groups in total. The second kappa shape index (κ2) is 6.95. The van der Waals surface area contributed by atoms with Crippen LogP contribution in [0.3, 0.4) is 0 Å². The van der Waals surface area contributed by atoms with Crippen LogP contribution < -0.4 is 9.47 Å². The highest BCUT2D eigenvalue weighted by atomic mass is 16.7. The van der Waals surface area contributed by atoms with Gasteiger partial charge in [0.2, 0.25) is 12.7 Å². The highest BCUT2D eigenvalue weighted by Gasteiger charge is 2.26. The van der Waals surface area contributed by atoms with Gasteiger partial charge >= 0.3 is 0 Å². The molecule has 0 bridgehead atoms. The summed E-state index contributed by atoms with van der Waals surface area (Å²) in [4.78, 5) is 22.9. The molecule has 0 aliphatic carbocycles. The first-order valence-electron chi connectivity index (χ1n) is 9.27. The first kappa shape index (κ1) is 16.7. The van der Waals surface area contributed by atoms with Crippen molar-refractivity contribution in [3.05, 3.63) is 53.7 Å². The molecule has 8 heteroatoms. The molecule has 0 saturated carbocycles. The lowest BCUT2D eigenvalue weighted by atomic mass is 10.0. The average Bonchev–Trinajstić information content (AvgIpc) is 3.38. The van der Waals surface area contributed by atoms with Crippen molar-refractivity contribution in [2.24, 2.45) is 0 Å². The number of rotatable bonds is 4. The zero-order valence-electron chi connectivity index (χ0n) is 15.2. The molecule has 0 radical (unpaired) electrons. The Morgan fingerprint density at radius 1 is 1.21 bits per heavy atom. The molecule has 2 aromatic heterocycles. The van der Waals surface area contributed by atoms with Gasteiger partial charge in [-0.05, 0) is 24.6 Å². The summed E-state index contributed by atoms with van der Waals surface area (Å²) < 4.78 is 10.9. The van der Waals surface area contributed by atoms with E-state index in [0.717, 1.165) is 46.1 Å². The number of hydrogen-bond donors (Lipinski definition) is 1. The Labute approximate surface area is 161 Å². The summed E-state index contributed by atoms with van der Waals surface area (Å²) in [6.07, 6.45) is 6.77. The third-order valence-electron chi connectivity index (χ3n) is 5.14. The number of aromatic amines is 1. The van der Waals surface area contributed by atoms with Crippen molar-refractivity contribution in [1.29, 1.82) is 0 Å². The van der Waals surface area contributed by atoms with Crippen LogP contribution in [-0.4, -0.2) is 44.3 Å². The van der Waals surface area contributed by atoms with Crippen LogP contribution >= 0.6 is 0 Å². The van der Waals surface area contributed by atoms with Gasteiger partial charge in [-0.25, -0.2) is 0 Å². The number of benzene rings is 1. The summed E-state index contributed by atoms with van der Waals surface area (Å²) in [5, 5.41) is 7.63. The van der Waals surface area contributed by atoms with Gasteiger partial charge in [0.1, 0.15) is 0 Å². The predicted octanol–water partition coefficient (Wildman–Crippen LogP) is 2.11. The van der Waals surface area contributed by atoms with Crippen LogP contribution in [0.4, 0.5) is 0 Å². The molecule has 0 saturated heterocycles. The summed E-state index contributed by atoms with van der Waals surface area (Å²) in [5.41, 5.74) is 4.80. The molecule has 1 amide bonds. The number of hydrogen-bond acceptors (Lipinski definition) is 6. The normalized spacial score (nSPS) is 14.8. The highest BCUT2D eigenvalue weighted by Crippen LogP contribution is 2.37. The van der Waals surface area contributed by atoms with Gasteiger partial charge in [0.15, 0.2) is 11.5 Å². The topological polar surface area (TPSA) is 93.2 Å². The maximum atomic E-state index is 12.7. The Morgan fingerprint density at radius 3 is 3.04 bits per heavy atom. The molecule has 0 unspecified atom stereocenters. The molecule has 0 spiro atoms. The number of nitrogens with one attached hydrogen (secondary N) is 1. The van der Waals surface area contributed by atoms with Crippen LogP contribution in [-0.2, 0) is 24.2 Å². The summed E-state index contributed by atoms with van der Waals surface area (Å²) in [7, 11) is 0. The van der Waals surface area contributed by atoms with E-state index in [1.165, 1.54) is 0 Å². The Hall–Kier alpha value is -3.42. The fourth-order valence-electron chi connectivity index (χ4n) is 3.64. The Balaban J connectivity index is 1.33. The van der Waals surface area contributed by atoms with Gasteiger partial charge in [-0.15, -0.1) is 0 Å². The molecule has 2 aliphatic heterocycles. The van der Waals surface area contributed by atoms with Crippen molar-refractivity contribution in [1.82, 2.24) is 25.1 Å². The Kier molecular flexibility index (Phi) is 4.16. The monoisotopic (exact) mass is 377 g/mol. The first-order chi connectivity index (χ1) is 13.8. The zero-order chi connectivity index (χ0) is 18.9. The number of fused-ring (bicyclic) bond motifs is 2. The molecule has 3 aromatic rings. The van der Waals surface area contributed by atoms with E-state index in [1.807, 2.05) is 23.1 Å². The van der Waals surface area contributed by atoms with E-state index in [9.17, 15) is 4.79 Å². The summed E-state index contributed by atoms with van der Waals surface area (Å²) in [6, 6.07) is 5.80. The molecular formula is C20H19N5O3. The summed E-state index contributed by atoms with van der Waals surface area (Å²) in [5.74, 6) is 1.59. The number of aromatic nitrogens is 4. The van der Waals surface area contributed by atoms with Crippen molar-refractivity contribution >= 4 is 5.91 Å². The molecule has 2 aliphatic rings. The third kappa shape index (κ3) is 3.06. The third-order valence-corrected chi connectivity index (χ3v) is 5.14. The van der Waals surface area contributed by atoms with Crippen LogP contribution in [0.5, 0.6) is 11.5 Å². The van der Waals surface area contributed by atoms with Crippen molar-refractivity contribution in [3.63, 3.8) is 0 Å². The molecular weight excluding hydrogens is 358 g/mol. The molecule has 5 rings (SSSR count). The van der Waals surface area contributed by atoms with Crippen molar-refractivity contribution in [2.75, 3.05) is 13.3 Å². The second-order valence-electron chi connectivity index (χ2n) is 6.86. The SMILES string of the molecule is O=C(CCc1cnccn1)N1CCc2[nH]nc(-c3ccc4c(c3)OCO4)c2C1. The minimum Gasteiger partial charge on any atom is -0.454 e. The molecule has 8 nitrogen and oxygen atoms in total. The standard InChI is InChI=1S/C20H19N5O3/c26-19(4-2-14-10-21-6-7-22-14)25-8-5-16-15(11-25)20(24-23-16)13-1-3-17-18(9-13)28-12-27-17/h1,3,6-7,9-10H,2,4-5,8,11-12H2,(H,23,24).